The number of nitrogens with zero attached hydrogens (tertiary/aromatic N) is 1. The van der Waals surface area contributed by atoms with Crippen LogP contribution in [0.25, 0.3) is 16.8 Å². The molecule has 8 heteroatoms. The lowest BCUT2D eigenvalue weighted by molar-refractivity contribution is 0.0489. The summed E-state index contributed by atoms with van der Waals surface area (Å²) in [7, 11) is 0. The van der Waals surface area contributed by atoms with Crippen molar-refractivity contribution >= 4 is 29.0 Å². The number of aromatic amines is 1. The second-order valence-electron chi connectivity index (χ2n) is 11.9. The molecule has 0 saturated heterocycles. The van der Waals surface area contributed by atoms with Crippen molar-refractivity contribution in [1.29, 1.82) is 0 Å². The van der Waals surface area contributed by atoms with E-state index in [2.05, 4.69) is 62.4 Å². The van der Waals surface area contributed by atoms with Crippen LogP contribution in [-0.4, -0.2) is 46.5 Å². The first-order valence-corrected chi connectivity index (χ1v) is 13.7. The van der Waals surface area contributed by atoms with Crippen molar-refractivity contribution in [2.24, 2.45) is 4.99 Å². The average molecular weight is 537 g/mol. The number of esters is 1. The van der Waals surface area contributed by atoms with Gasteiger partial charge < -0.3 is 25.1 Å². The molecule has 0 fully saturated rings. The molecule has 0 radical (unpaired) electrons. The maximum atomic E-state index is 13.0. The van der Waals surface area contributed by atoms with Crippen LogP contribution in [0.5, 0.6) is 0 Å². The topological polar surface area (TPSA) is 105 Å². The molecule has 212 valence electrons. The van der Waals surface area contributed by atoms with Crippen LogP contribution in [-0.2, 0) is 9.47 Å². The van der Waals surface area contributed by atoms with Crippen molar-refractivity contribution in [3.05, 3.63) is 47.2 Å². The summed E-state index contributed by atoms with van der Waals surface area (Å²) in [5.74, 6) is -0.451. The molecule has 2 heterocycles. The number of benzene rings is 1. The van der Waals surface area contributed by atoms with Crippen LogP contribution < -0.4 is 10.6 Å². The van der Waals surface area contributed by atoms with E-state index in [0.29, 0.717) is 11.3 Å². The Morgan fingerprint density at radius 1 is 1.13 bits per heavy atom. The number of alkyl carbamates (subject to hydrolysis) is 1. The summed E-state index contributed by atoms with van der Waals surface area (Å²) in [6, 6.07) is 7.41. The Labute approximate surface area is 232 Å². The molecule has 1 aliphatic heterocycles. The van der Waals surface area contributed by atoms with Crippen LogP contribution in [0.2, 0.25) is 0 Å². The molecule has 0 aliphatic carbocycles. The molecule has 39 heavy (non-hydrogen) atoms. The van der Waals surface area contributed by atoms with Crippen molar-refractivity contribution in [2.75, 3.05) is 11.9 Å². The minimum atomic E-state index is -0.640. The van der Waals surface area contributed by atoms with Gasteiger partial charge in [0.1, 0.15) is 5.60 Å². The predicted molar refractivity (Wildman–Crippen MR) is 159 cm³/mol. The molecule has 1 amide bonds. The number of anilines is 1. The minimum Gasteiger partial charge on any atom is -0.462 e. The minimum absolute atomic E-state index is 0.0228. The van der Waals surface area contributed by atoms with E-state index in [0.717, 1.165) is 40.2 Å². The number of H-pyrrole nitrogens is 1. The Morgan fingerprint density at radius 3 is 2.41 bits per heavy atom. The smallest absolute Gasteiger partial charge is 0.408 e. The molecule has 1 aromatic carbocycles. The number of fused-ring (bicyclic) bond motifs is 1. The lowest BCUT2D eigenvalue weighted by Crippen LogP contribution is -2.34. The van der Waals surface area contributed by atoms with Gasteiger partial charge in [-0.3, -0.25) is 4.99 Å². The molecule has 0 bridgehead atoms. The molecule has 8 nitrogen and oxygen atoms in total. The number of hydrogen-bond donors (Lipinski definition) is 3. The first-order valence-electron chi connectivity index (χ1n) is 13.7. The van der Waals surface area contributed by atoms with E-state index < -0.39 is 23.7 Å². The molecule has 3 N–H and O–H groups in total. The quantitative estimate of drug-likeness (QED) is 0.336. The maximum Gasteiger partial charge on any atom is 0.408 e. The van der Waals surface area contributed by atoms with E-state index in [-0.39, 0.29) is 18.2 Å². The highest BCUT2D eigenvalue weighted by Gasteiger charge is 2.27. The Kier molecular flexibility index (Phi) is 8.98. The summed E-state index contributed by atoms with van der Waals surface area (Å²) >= 11 is 0. The van der Waals surface area contributed by atoms with Crippen molar-refractivity contribution in [2.45, 2.75) is 98.9 Å². The number of ether oxygens (including phenoxy) is 2. The second-order valence-corrected chi connectivity index (χ2v) is 11.9. The van der Waals surface area contributed by atoms with E-state index in [1.54, 1.807) is 27.7 Å². The number of allylic oxidation sites excluding steroid dienone is 1. The zero-order valence-electron chi connectivity index (χ0n) is 25.0. The summed E-state index contributed by atoms with van der Waals surface area (Å²) in [6.07, 6.45) is 2.42. The van der Waals surface area contributed by atoms with Gasteiger partial charge in [-0.25, -0.2) is 9.59 Å². The van der Waals surface area contributed by atoms with Crippen molar-refractivity contribution in [3.8, 4) is 11.3 Å². The average Bonchev–Trinajstić information content (AvgIpc) is 3.20. The molecular formula is C31H44N4O4. The molecule has 1 aromatic heterocycles. The summed E-state index contributed by atoms with van der Waals surface area (Å²) in [6.45, 7) is 19.8. The van der Waals surface area contributed by atoms with Crippen molar-refractivity contribution in [3.63, 3.8) is 0 Å². The SMILES string of the molecule is CCOC(=O)c1cc(-c2cccc3c2C(CC)=CC(=NC(C)(C)C)C(C)N3)[nH]c1C(C)NC(=O)OC(C)(C)C. The number of aliphatic imine (C=N–C) groups is 1. The largest absolute Gasteiger partial charge is 0.462 e. The number of nitrogens with one attached hydrogen (secondary N) is 3. The van der Waals surface area contributed by atoms with Crippen molar-refractivity contribution < 1.29 is 19.1 Å². The molecule has 3 rings (SSSR count). The highest BCUT2D eigenvalue weighted by Crippen LogP contribution is 2.39. The van der Waals surface area contributed by atoms with Crippen LogP contribution in [0, 0.1) is 0 Å². The van der Waals surface area contributed by atoms with Crippen LogP contribution >= 0.6 is 0 Å². The van der Waals surface area contributed by atoms with Gasteiger partial charge in [-0.2, -0.15) is 0 Å². The second kappa shape index (κ2) is 11.7. The van der Waals surface area contributed by atoms with E-state index >= 15 is 0 Å². The molecule has 2 unspecified atom stereocenters. The van der Waals surface area contributed by atoms with Gasteiger partial charge in [-0.15, -0.1) is 0 Å². The molecule has 0 spiro atoms. The number of amides is 1. The maximum absolute atomic E-state index is 13.0. The van der Waals surface area contributed by atoms with Gasteiger partial charge in [0.25, 0.3) is 0 Å². The summed E-state index contributed by atoms with van der Waals surface area (Å²) in [4.78, 5) is 33.9. The third-order valence-corrected chi connectivity index (χ3v) is 6.17. The number of rotatable bonds is 6. The molecular weight excluding hydrogens is 492 g/mol. The monoisotopic (exact) mass is 536 g/mol. The first-order chi connectivity index (χ1) is 18.1. The van der Waals surface area contributed by atoms with E-state index in [1.165, 1.54) is 0 Å². The lowest BCUT2D eigenvalue weighted by atomic mass is 9.93. The van der Waals surface area contributed by atoms with Gasteiger partial charge in [0.15, 0.2) is 0 Å². The summed E-state index contributed by atoms with van der Waals surface area (Å²) < 4.78 is 10.8. The van der Waals surface area contributed by atoms with Gasteiger partial charge in [0.05, 0.1) is 41.2 Å². The van der Waals surface area contributed by atoms with E-state index in [4.69, 9.17) is 14.5 Å². The number of carbonyl (C=O) groups is 2. The fourth-order valence-electron chi connectivity index (χ4n) is 4.61. The number of aromatic nitrogens is 1. The van der Waals surface area contributed by atoms with E-state index in [9.17, 15) is 9.59 Å². The van der Waals surface area contributed by atoms with E-state index in [1.807, 2.05) is 25.1 Å². The highest BCUT2D eigenvalue weighted by atomic mass is 16.6. The predicted octanol–water partition coefficient (Wildman–Crippen LogP) is 7.29. The van der Waals surface area contributed by atoms with Crippen LogP contribution in [0.3, 0.4) is 0 Å². The molecule has 2 aromatic rings. The van der Waals surface area contributed by atoms with Gasteiger partial charge in [0, 0.05) is 22.5 Å². The Bertz CT molecular complexity index is 1270. The summed E-state index contributed by atoms with van der Waals surface area (Å²) in [5.41, 5.74) is 5.98. The number of hydrogen-bond acceptors (Lipinski definition) is 6. The van der Waals surface area contributed by atoms with Gasteiger partial charge in [-0.05, 0) is 92.5 Å². The molecule has 1 aliphatic rings. The standard InChI is InChI=1S/C31H44N4O4/c1-11-20-16-24(35-30(5,6)7)18(3)32-23-15-13-14-21(26(20)23)25-17-22(28(36)38-12-2)27(34-25)19(4)33-29(37)39-31(8,9)10/h13-19,32,34H,11-12H2,1-10H3,(H,33,37). The van der Waals surface area contributed by atoms with Crippen LogP contribution in [0.1, 0.15) is 103 Å². The summed E-state index contributed by atoms with van der Waals surface area (Å²) in [5, 5.41) is 6.48. The highest BCUT2D eigenvalue weighted by molar-refractivity contribution is 6.09. The number of carbonyl (C=O) groups excluding carboxylic acids is 2. The Balaban J connectivity index is 2.14. The van der Waals surface area contributed by atoms with Crippen LogP contribution in [0.15, 0.2) is 35.3 Å². The van der Waals surface area contributed by atoms with Gasteiger partial charge >= 0.3 is 12.1 Å². The normalized spacial score (nSPS) is 17.4. The third kappa shape index (κ3) is 7.52. The first kappa shape index (κ1) is 30.0. The fraction of sp³-hybridized carbons (Fsp3) is 0.516. The van der Waals surface area contributed by atoms with Gasteiger partial charge in [0.2, 0.25) is 0 Å². The van der Waals surface area contributed by atoms with Crippen molar-refractivity contribution in [1.82, 2.24) is 10.3 Å². The van der Waals surface area contributed by atoms with Gasteiger partial charge in [-0.1, -0.05) is 19.1 Å². The fourth-order valence-corrected chi connectivity index (χ4v) is 4.61. The third-order valence-electron chi connectivity index (χ3n) is 6.17. The molecule has 2 atom stereocenters. The lowest BCUT2D eigenvalue weighted by Gasteiger charge is -2.22. The Hall–Kier alpha value is -3.55. The zero-order chi connectivity index (χ0) is 29.1. The zero-order valence-corrected chi connectivity index (χ0v) is 25.0. The molecule has 0 saturated carbocycles. The Morgan fingerprint density at radius 2 is 1.82 bits per heavy atom. The van der Waals surface area contributed by atoms with Crippen LogP contribution in [0.4, 0.5) is 10.5 Å².